The van der Waals surface area contributed by atoms with Gasteiger partial charge in [-0.15, -0.1) is 0 Å². The topological polar surface area (TPSA) is 20.2 Å². The van der Waals surface area contributed by atoms with Gasteiger partial charge in [0.25, 0.3) is 0 Å². The van der Waals surface area contributed by atoms with E-state index in [2.05, 4.69) is 0 Å². The van der Waals surface area contributed by atoms with E-state index >= 15 is 0 Å². The number of aliphatic hydroxyl groups excluding tert-OH is 1. The quantitative estimate of drug-likeness (QED) is 0.802. The molecule has 0 heterocycles. The fourth-order valence-electron chi connectivity index (χ4n) is 1.79. The molecule has 20 heavy (non-hydrogen) atoms. The number of hydrogen-bond acceptors (Lipinski definition) is 1. The zero-order valence-corrected chi connectivity index (χ0v) is 10.4. The second-order valence-electron chi connectivity index (χ2n) is 4.56. The molecule has 114 valence electrons. The van der Waals surface area contributed by atoms with E-state index in [4.69, 9.17) is 0 Å². The van der Waals surface area contributed by atoms with E-state index in [0.717, 1.165) is 12.1 Å². The maximum Gasteiger partial charge on any atom is 0.416 e. The van der Waals surface area contributed by atoms with Crippen LogP contribution in [-0.2, 0) is 12.6 Å². The summed E-state index contributed by atoms with van der Waals surface area (Å²) < 4.78 is 73.1. The molecule has 1 rings (SSSR count). The Balaban J connectivity index is 2.52. The summed E-state index contributed by atoms with van der Waals surface area (Å²) in [4.78, 5) is 0. The predicted octanol–water partition coefficient (Wildman–Crippen LogP) is 4.34. The second kappa shape index (κ2) is 6.47. The van der Waals surface area contributed by atoms with E-state index in [1.54, 1.807) is 0 Å². The largest absolute Gasteiger partial charge is 0.416 e. The van der Waals surface area contributed by atoms with E-state index in [1.807, 2.05) is 0 Å². The lowest BCUT2D eigenvalue weighted by Crippen LogP contribution is -2.14. The molecule has 1 N–H and O–H groups in total. The molecular formula is C13H14F6O. The lowest BCUT2D eigenvalue weighted by molar-refractivity contribution is -0.138. The van der Waals surface area contributed by atoms with Gasteiger partial charge in [-0.05, 0) is 30.9 Å². The Hall–Kier alpha value is -1.24. The van der Waals surface area contributed by atoms with Crippen LogP contribution in [0.25, 0.3) is 0 Å². The molecule has 0 fully saturated rings. The summed E-state index contributed by atoms with van der Waals surface area (Å²) in [6.07, 6.45) is -11.3. The van der Waals surface area contributed by atoms with Crippen LogP contribution >= 0.6 is 0 Å². The molecule has 0 bridgehead atoms. The van der Waals surface area contributed by atoms with Crippen LogP contribution in [-0.4, -0.2) is 17.4 Å². The number of benzene rings is 1. The van der Waals surface area contributed by atoms with Crippen molar-refractivity contribution in [3.05, 3.63) is 35.4 Å². The van der Waals surface area contributed by atoms with Crippen LogP contribution in [0.1, 0.15) is 30.4 Å². The minimum Gasteiger partial charge on any atom is -0.393 e. The summed E-state index contributed by atoms with van der Waals surface area (Å²) in [5.41, 5.74) is -0.586. The van der Waals surface area contributed by atoms with E-state index < -0.39 is 30.4 Å². The average Bonchev–Trinajstić information content (AvgIpc) is 2.26. The van der Waals surface area contributed by atoms with Gasteiger partial charge >= 0.3 is 12.4 Å². The minimum atomic E-state index is -4.47. The Morgan fingerprint density at radius 3 is 2.25 bits per heavy atom. The van der Waals surface area contributed by atoms with Gasteiger partial charge in [-0.25, -0.2) is 0 Å². The Kier molecular flexibility index (Phi) is 5.44. The first kappa shape index (κ1) is 16.8. The molecule has 0 aliphatic carbocycles. The van der Waals surface area contributed by atoms with Crippen molar-refractivity contribution in [3.63, 3.8) is 0 Å². The SMILES string of the molecule is OC(CCCC(F)(F)F)Cc1cccc(C(F)(F)F)c1. The molecule has 0 saturated carbocycles. The number of halogens is 6. The third-order valence-corrected chi connectivity index (χ3v) is 2.72. The van der Waals surface area contributed by atoms with E-state index in [0.29, 0.717) is 0 Å². The van der Waals surface area contributed by atoms with Gasteiger partial charge in [-0.1, -0.05) is 18.2 Å². The molecule has 0 amide bonds. The predicted molar refractivity (Wildman–Crippen MR) is 61.1 cm³/mol. The molecule has 1 atom stereocenters. The fourth-order valence-corrected chi connectivity index (χ4v) is 1.79. The van der Waals surface area contributed by atoms with Gasteiger partial charge in [0.2, 0.25) is 0 Å². The molecule has 0 aliphatic heterocycles. The summed E-state index contributed by atoms with van der Waals surface area (Å²) in [6, 6.07) is 4.41. The highest BCUT2D eigenvalue weighted by atomic mass is 19.4. The number of aliphatic hydroxyl groups is 1. The third kappa shape index (κ3) is 6.27. The summed E-state index contributed by atoms with van der Waals surface area (Å²) in [7, 11) is 0. The van der Waals surface area contributed by atoms with Crippen molar-refractivity contribution < 1.29 is 31.4 Å². The van der Waals surface area contributed by atoms with Crippen molar-refractivity contribution >= 4 is 0 Å². The van der Waals surface area contributed by atoms with E-state index in [1.165, 1.54) is 12.1 Å². The van der Waals surface area contributed by atoms with Crippen LogP contribution in [0.5, 0.6) is 0 Å². The second-order valence-corrected chi connectivity index (χ2v) is 4.56. The Labute approximate surface area is 112 Å². The van der Waals surface area contributed by atoms with E-state index in [9.17, 15) is 31.4 Å². The van der Waals surface area contributed by atoms with Crippen molar-refractivity contribution in [2.24, 2.45) is 0 Å². The van der Waals surface area contributed by atoms with Gasteiger partial charge in [0.1, 0.15) is 0 Å². The maximum absolute atomic E-state index is 12.5. The van der Waals surface area contributed by atoms with Crippen LogP contribution in [0, 0.1) is 0 Å². The summed E-state index contributed by atoms with van der Waals surface area (Å²) >= 11 is 0. The Bertz CT molecular complexity index is 424. The van der Waals surface area contributed by atoms with Gasteiger partial charge in [0, 0.05) is 6.42 Å². The van der Waals surface area contributed by atoms with Crippen molar-refractivity contribution in [3.8, 4) is 0 Å². The molecular weight excluding hydrogens is 286 g/mol. The third-order valence-electron chi connectivity index (χ3n) is 2.72. The zero-order valence-electron chi connectivity index (χ0n) is 10.4. The molecule has 0 spiro atoms. The lowest BCUT2D eigenvalue weighted by atomic mass is 10.0. The number of hydrogen-bond donors (Lipinski definition) is 1. The number of rotatable bonds is 5. The maximum atomic E-state index is 12.5. The smallest absolute Gasteiger partial charge is 0.393 e. The first-order valence-corrected chi connectivity index (χ1v) is 5.99. The highest BCUT2D eigenvalue weighted by Gasteiger charge is 2.30. The standard InChI is InChI=1S/C13H14F6O/c14-12(15,16)6-2-5-11(20)8-9-3-1-4-10(7-9)13(17,18)19/h1,3-4,7,11,20H,2,5-6,8H2. The summed E-state index contributed by atoms with van der Waals surface area (Å²) in [6.45, 7) is 0. The van der Waals surface area contributed by atoms with Crippen molar-refractivity contribution in [1.29, 1.82) is 0 Å². The normalized spacial score (nSPS) is 14.3. The van der Waals surface area contributed by atoms with Crippen molar-refractivity contribution in [2.75, 3.05) is 0 Å². The van der Waals surface area contributed by atoms with Crippen LogP contribution in [0.2, 0.25) is 0 Å². The van der Waals surface area contributed by atoms with Gasteiger partial charge < -0.3 is 5.11 Å². The summed E-state index contributed by atoms with van der Waals surface area (Å²) in [5.74, 6) is 0. The highest BCUT2D eigenvalue weighted by molar-refractivity contribution is 5.26. The first-order chi connectivity index (χ1) is 9.08. The molecule has 1 aromatic rings. The molecule has 0 aromatic heterocycles. The van der Waals surface area contributed by atoms with E-state index in [-0.39, 0.29) is 24.8 Å². The Morgan fingerprint density at radius 2 is 1.70 bits per heavy atom. The highest BCUT2D eigenvalue weighted by Crippen LogP contribution is 2.30. The van der Waals surface area contributed by atoms with Crippen LogP contribution in [0.4, 0.5) is 26.3 Å². The van der Waals surface area contributed by atoms with Crippen molar-refractivity contribution in [1.82, 2.24) is 0 Å². The van der Waals surface area contributed by atoms with Gasteiger partial charge in [0.05, 0.1) is 11.7 Å². The first-order valence-electron chi connectivity index (χ1n) is 5.99. The fraction of sp³-hybridized carbons (Fsp3) is 0.538. The zero-order chi connectivity index (χ0) is 15.4. The van der Waals surface area contributed by atoms with Gasteiger partial charge in [0.15, 0.2) is 0 Å². The molecule has 1 aromatic carbocycles. The molecule has 0 aliphatic rings. The molecule has 7 heteroatoms. The van der Waals surface area contributed by atoms with Gasteiger partial charge in [-0.2, -0.15) is 26.3 Å². The molecule has 0 radical (unpaired) electrons. The number of alkyl halides is 6. The molecule has 0 saturated heterocycles. The average molecular weight is 300 g/mol. The van der Waals surface area contributed by atoms with Gasteiger partial charge in [-0.3, -0.25) is 0 Å². The monoisotopic (exact) mass is 300 g/mol. The molecule has 1 nitrogen and oxygen atoms in total. The molecule has 1 unspecified atom stereocenters. The van der Waals surface area contributed by atoms with Crippen LogP contribution in [0.15, 0.2) is 24.3 Å². The van der Waals surface area contributed by atoms with Crippen LogP contribution in [0.3, 0.4) is 0 Å². The lowest BCUT2D eigenvalue weighted by Gasteiger charge is -2.13. The van der Waals surface area contributed by atoms with Crippen LogP contribution < -0.4 is 0 Å². The Morgan fingerprint density at radius 1 is 1.05 bits per heavy atom. The summed E-state index contributed by atoms with van der Waals surface area (Å²) in [5, 5.41) is 9.54. The minimum absolute atomic E-state index is 0.0955. The van der Waals surface area contributed by atoms with Crippen molar-refractivity contribution in [2.45, 2.75) is 44.1 Å².